The van der Waals surface area contributed by atoms with Crippen LogP contribution in [-0.4, -0.2) is 41.0 Å². The Morgan fingerprint density at radius 3 is 2.28 bits per heavy atom. The van der Waals surface area contributed by atoms with E-state index in [2.05, 4.69) is 0 Å². The van der Waals surface area contributed by atoms with E-state index in [0.29, 0.717) is 28.4 Å². The van der Waals surface area contributed by atoms with E-state index in [1.165, 1.54) is 4.90 Å². The SMILES string of the molecule is COc1ccccc1CN1C(=O)C(=O)/C(=C(/O)c2ccc(OC(C)C)c(C)c2)C1c1cccc(OC(C)C)c1. The van der Waals surface area contributed by atoms with Crippen molar-refractivity contribution in [2.24, 2.45) is 0 Å². The van der Waals surface area contributed by atoms with Crippen molar-refractivity contribution in [2.45, 2.75) is 59.4 Å². The predicted octanol–water partition coefficient (Wildman–Crippen LogP) is 6.20. The molecule has 1 atom stereocenters. The number of hydrogen-bond donors (Lipinski definition) is 1. The summed E-state index contributed by atoms with van der Waals surface area (Å²) < 4.78 is 17.2. The standard InChI is InChI=1S/C32H35NO6/c1-19(2)38-25-12-9-11-22(17-25)29-28(30(34)23-14-15-26(21(5)16-23)39-20(3)4)31(35)32(36)33(29)18-24-10-7-8-13-27(24)37-6/h7-17,19-20,29,34H,18H2,1-6H3/b30-28+. The number of aliphatic hydroxyl groups is 1. The third-order valence-corrected chi connectivity index (χ3v) is 6.43. The second-order valence-electron chi connectivity index (χ2n) is 10.1. The highest BCUT2D eigenvalue weighted by Gasteiger charge is 2.46. The number of carbonyl (C=O) groups excluding carboxylic acids is 2. The molecule has 1 N–H and O–H groups in total. The number of rotatable bonds is 9. The predicted molar refractivity (Wildman–Crippen MR) is 150 cm³/mol. The molecule has 0 aliphatic carbocycles. The van der Waals surface area contributed by atoms with Crippen molar-refractivity contribution in [3.63, 3.8) is 0 Å². The number of carbonyl (C=O) groups is 2. The first-order valence-electron chi connectivity index (χ1n) is 13.0. The normalized spacial score (nSPS) is 16.7. The Kier molecular flexibility index (Phi) is 8.29. The topological polar surface area (TPSA) is 85.3 Å². The molecular formula is C32H35NO6. The van der Waals surface area contributed by atoms with Crippen molar-refractivity contribution < 1.29 is 28.9 Å². The number of nitrogens with zero attached hydrogens (tertiary/aromatic N) is 1. The fourth-order valence-corrected chi connectivity index (χ4v) is 4.78. The first-order chi connectivity index (χ1) is 18.6. The lowest BCUT2D eigenvalue weighted by Crippen LogP contribution is -2.29. The van der Waals surface area contributed by atoms with Crippen LogP contribution in [0.4, 0.5) is 0 Å². The number of Topliss-reactive ketones (excluding diaryl/α,β-unsaturated/α-hetero) is 1. The highest BCUT2D eigenvalue weighted by molar-refractivity contribution is 6.46. The summed E-state index contributed by atoms with van der Waals surface area (Å²) in [5.74, 6) is 0.216. The minimum Gasteiger partial charge on any atom is -0.507 e. The largest absolute Gasteiger partial charge is 0.507 e. The molecule has 0 radical (unpaired) electrons. The van der Waals surface area contributed by atoms with Gasteiger partial charge >= 0.3 is 0 Å². The van der Waals surface area contributed by atoms with Gasteiger partial charge in [-0.25, -0.2) is 0 Å². The summed E-state index contributed by atoms with van der Waals surface area (Å²) in [6.45, 7) is 9.72. The minimum atomic E-state index is -0.836. The summed E-state index contributed by atoms with van der Waals surface area (Å²) in [5.41, 5.74) is 2.65. The molecule has 0 saturated carbocycles. The van der Waals surface area contributed by atoms with Crippen LogP contribution < -0.4 is 14.2 Å². The molecule has 1 unspecified atom stereocenters. The Morgan fingerprint density at radius 1 is 0.897 bits per heavy atom. The molecule has 7 heteroatoms. The van der Waals surface area contributed by atoms with E-state index in [1.54, 1.807) is 25.3 Å². The third kappa shape index (κ3) is 5.93. The van der Waals surface area contributed by atoms with Crippen LogP contribution >= 0.6 is 0 Å². The molecule has 0 spiro atoms. The zero-order valence-corrected chi connectivity index (χ0v) is 23.2. The number of methoxy groups -OCH3 is 1. The average Bonchev–Trinajstić information content (AvgIpc) is 3.14. The van der Waals surface area contributed by atoms with Crippen LogP contribution in [0.25, 0.3) is 5.76 Å². The van der Waals surface area contributed by atoms with Crippen molar-refractivity contribution >= 4 is 17.4 Å². The van der Waals surface area contributed by atoms with Gasteiger partial charge in [-0.15, -0.1) is 0 Å². The van der Waals surface area contributed by atoms with Gasteiger partial charge in [0.2, 0.25) is 0 Å². The quantitative estimate of drug-likeness (QED) is 0.202. The second kappa shape index (κ2) is 11.6. The zero-order valence-electron chi connectivity index (χ0n) is 23.2. The number of hydrogen-bond acceptors (Lipinski definition) is 6. The lowest BCUT2D eigenvalue weighted by Gasteiger charge is -2.26. The monoisotopic (exact) mass is 529 g/mol. The van der Waals surface area contributed by atoms with E-state index in [-0.39, 0.29) is 30.1 Å². The van der Waals surface area contributed by atoms with Crippen LogP contribution in [0.2, 0.25) is 0 Å². The van der Waals surface area contributed by atoms with Crippen molar-refractivity contribution in [3.8, 4) is 17.2 Å². The van der Waals surface area contributed by atoms with E-state index in [1.807, 2.05) is 83.1 Å². The van der Waals surface area contributed by atoms with E-state index in [0.717, 1.165) is 11.1 Å². The van der Waals surface area contributed by atoms with Gasteiger partial charge in [0.15, 0.2) is 0 Å². The Balaban J connectivity index is 1.86. The number of benzene rings is 3. The molecule has 0 bridgehead atoms. The average molecular weight is 530 g/mol. The number of para-hydroxylation sites is 1. The molecular weight excluding hydrogens is 494 g/mol. The first kappa shape index (κ1) is 27.8. The first-order valence-corrected chi connectivity index (χ1v) is 13.0. The van der Waals surface area contributed by atoms with E-state index >= 15 is 0 Å². The molecule has 1 heterocycles. The molecule has 1 saturated heterocycles. The van der Waals surface area contributed by atoms with Gasteiger partial charge in [0.1, 0.15) is 23.0 Å². The van der Waals surface area contributed by atoms with Crippen LogP contribution in [-0.2, 0) is 16.1 Å². The van der Waals surface area contributed by atoms with Gasteiger partial charge < -0.3 is 24.2 Å². The number of amides is 1. The second-order valence-corrected chi connectivity index (χ2v) is 10.1. The molecule has 3 aromatic rings. The smallest absolute Gasteiger partial charge is 0.295 e. The molecule has 1 aliphatic rings. The molecule has 1 aliphatic heterocycles. The summed E-state index contributed by atoms with van der Waals surface area (Å²) in [6.07, 6.45) is -0.0708. The van der Waals surface area contributed by atoms with Gasteiger partial charge in [-0.1, -0.05) is 30.3 Å². The van der Waals surface area contributed by atoms with Crippen LogP contribution in [0.15, 0.2) is 72.3 Å². The number of ether oxygens (including phenoxy) is 3. The Labute approximate surface area is 229 Å². The highest BCUT2D eigenvalue weighted by Crippen LogP contribution is 2.42. The fraction of sp³-hybridized carbons (Fsp3) is 0.312. The lowest BCUT2D eigenvalue weighted by atomic mass is 9.94. The van der Waals surface area contributed by atoms with Gasteiger partial charge in [-0.05, 0) is 82.1 Å². The zero-order chi connectivity index (χ0) is 28.3. The summed E-state index contributed by atoms with van der Waals surface area (Å²) in [4.78, 5) is 28.5. The number of likely N-dealkylation sites (tertiary alicyclic amines) is 1. The Hall–Kier alpha value is -4.26. The summed E-state index contributed by atoms with van der Waals surface area (Å²) in [7, 11) is 1.56. The van der Waals surface area contributed by atoms with Crippen molar-refractivity contribution in [1.29, 1.82) is 0 Å². The van der Waals surface area contributed by atoms with Gasteiger partial charge in [-0.2, -0.15) is 0 Å². The van der Waals surface area contributed by atoms with Crippen LogP contribution in [0.1, 0.15) is 56.0 Å². The molecule has 204 valence electrons. The van der Waals surface area contributed by atoms with Gasteiger partial charge in [0, 0.05) is 11.1 Å². The maximum absolute atomic E-state index is 13.5. The van der Waals surface area contributed by atoms with Gasteiger partial charge in [0.05, 0.1) is 37.5 Å². The van der Waals surface area contributed by atoms with Crippen LogP contribution in [0, 0.1) is 6.92 Å². The fourth-order valence-electron chi connectivity index (χ4n) is 4.78. The van der Waals surface area contributed by atoms with Crippen LogP contribution in [0.5, 0.6) is 17.2 Å². The van der Waals surface area contributed by atoms with Crippen molar-refractivity contribution in [1.82, 2.24) is 4.90 Å². The maximum atomic E-state index is 13.5. The number of aryl methyl sites for hydroxylation is 1. The number of ketones is 1. The van der Waals surface area contributed by atoms with E-state index in [4.69, 9.17) is 14.2 Å². The van der Waals surface area contributed by atoms with Crippen molar-refractivity contribution in [3.05, 3.63) is 94.6 Å². The lowest BCUT2D eigenvalue weighted by molar-refractivity contribution is -0.140. The maximum Gasteiger partial charge on any atom is 0.295 e. The van der Waals surface area contributed by atoms with E-state index in [9.17, 15) is 14.7 Å². The molecule has 1 amide bonds. The minimum absolute atomic E-state index is 0.0104. The molecule has 1 fully saturated rings. The van der Waals surface area contributed by atoms with E-state index < -0.39 is 17.7 Å². The third-order valence-electron chi connectivity index (χ3n) is 6.43. The summed E-state index contributed by atoms with van der Waals surface area (Å²) in [5, 5.41) is 11.5. The molecule has 4 rings (SSSR count). The highest BCUT2D eigenvalue weighted by atomic mass is 16.5. The van der Waals surface area contributed by atoms with Crippen LogP contribution in [0.3, 0.4) is 0 Å². The summed E-state index contributed by atoms with van der Waals surface area (Å²) in [6, 6.07) is 19.0. The van der Waals surface area contributed by atoms with Crippen molar-refractivity contribution in [2.75, 3.05) is 7.11 Å². The Morgan fingerprint density at radius 2 is 1.62 bits per heavy atom. The molecule has 7 nitrogen and oxygen atoms in total. The van der Waals surface area contributed by atoms with Gasteiger partial charge in [0.25, 0.3) is 11.7 Å². The number of aliphatic hydroxyl groups excluding tert-OH is 1. The summed E-state index contributed by atoms with van der Waals surface area (Å²) >= 11 is 0. The molecule has 3 aromatic carbocycles. The molecule has 0 aromatic heterocycles. The molecule has 39 heavy (non-hydrogen) atoms. The Bertz CT molecular complexity index is 1410. The van der Waals surface area contributed by atoms with Gasteiger partial charge in [-0.3, -0.25) is 9.59 Å².